The monoisotopic (exact) mass is 505 g/mol. The molecule has 1 atom stereocenters. The molecule has 1 aliphatic heterocycles. The quantitative estimate of drug-likeness (QED) is 0.368. The van der Waals surface area contributed by atoms with Gasteiger partial charge in [-0.2, -0.15) is 0 Å². The van der Waals surface area contributed by atoms with Crippen molar-refractivity contribution >= 4 is 11.6 Å². The fourth-order valence-electron chi connectivity index (χ4n) is 4.75. The summed E-state index contributed by atoms with van der Waals surface area (Å²) in [6, 6.07) is 13.8. The number of benzene rings is 2. The summed E-state index contributed by atoms with van der Waals surface area (Å²) in [5.74, 6) is 3.49. The first-order chi connectivity index (χ1) is 17.9. The first kappa shape index (κ1) is 25.1. The van der Waals surface area contributed by atoms with Crippen LogP contribution in [0.1, 0.15) is 47.8 Å². The lowest BCUT2D eigenvalue weighted by atomic mass is 10.1. The van der Waals surface area contributed by atoms with Gasteiger partial charge in [0.15, 0.2) is 17.6 Å². The Morgan fingerprint density at radius 3 is 2.54 bits per heavy atom. The third-order valence-electron chi connectivity index (χ3n) is 7.16. The number of hydrogen-bond donors (Lipinski definition) is 0. The number of aromatic nitrogens is 1. The zero-order chi connectivity index (χ0) is 25.9. The van der Waals surface area contributed by atoms with Crippen LogP contribution in [-0.2, 0) is 11.3 Å². The summed E-state index contributed by atoms with van der Waals surface area (Å²) in [6.45, 7) is 6.44. The van der Waals surface area contributed by atoms with Crippen LogP contribution in [0, 0.1) is 13.8 Å². The van der Waals surface area contributed by atoms with Crippen LogP contribution >= 0.6 is 0 Å². The van der Waals surface area contributed by atoms with Crippen molar-refractivity contribution in [3.63, 3.8) is 0 Å². The maximum Gasteiger partial charge on any atom is 0.268 e. The zero-order valence-corrected chi connectivity index (χ0v) is 22.0. The summed E-state index contributed by atoms with van der Waals surface area (Å²) in [6.07, 6.45) is 2.69. The number of methoxy groups -OCH3 is 1. The molecule has 3 aromatic rings. The predicted octanol–water partition coefficient (Wildman–Crippen LogP) is 4.87. The van der Waals surface area contributed by atoms with Crippen molar-refractivity contribution in [1.82, 2.24) is 10.1 Å². The van der Waals surface area contributed by atoms with Crippen LogP contribution in [0.4, 0.5) is 5.69 Å². The third-order valence-corrected chi connectivity index (χ3v) is 7.16. The van der Waals surface area contributed by atoms with E-state index >= 15 is 0 Å². The van der Waals surface area contributed by atoms with Crippen molar-refractivity contribution in [2.24, 2.45) is 0 Å². The fourth-order valence-corrected chi connectivity index (χ4v) is 4.75. The highest BCUT2D eigenvalue weighted by Crippen LogP contribution is 2.40. The molecule has 196 valence electrons. The van der Waals surface area contributed by atoms with E-state index in [1.807, 2.05) is 51.2 Å². The van der Waals surface area contributed by atoms with E-state index in [1.165, 1.54) is 18.4 Å². The third kappa shape index (κ3) is 5.74. The normalized spacial score (nSPS) is 17.5. The van der Waals surface area contributed by atoms with Gasteiger partial charge in [0.05, 0.1) is 12.8 Å². The molecule has 1 saturated heterocycles. The van der Waals surface area contributed by atoms with Gasteiger partial charge in [0.25, 0.3) is 5.91 Å². The topological polar surface area (TPSA) is 77.3 Å². The second kappa shape index (κ2) is 10.8. The van der Waals surface area contributed by atoms with E-state index in [0.717, 1.165) is 41.5 Å². The van der Waals surface area contributed by atoms with Crippen LogP contribution < -0.4 is 19.1 Å². The van der Waals surface area contributed by atoms with Crippen LogP contribution in [0.5, 0.6) is 17.2 Å². The number of carbonyl (C=O) groups is 1. The van der Waals surface area contributed by atoms with E-state index in [9.17, 15) is 4.79 Å². The summed E-state index contributed by atoms with van der Waals surface area (Å²) in [5.41, 5.74) is 4.16. The Balaban J connectivity index is 1.15. The number of anilines is 1. The molecule has 2 fully saturated rings. The first-order valence-corrected chi connectivity index (χ1v) is 12.9. The highest BCUT2D eigenvalue weighted by molar-refractivity contribution is 5.99. The van der Waals surface area contributed by atoms with Crippen LogP contribution in [0.15, 0.2) is 47.0 Å². The van der Waals surface area contributed by atoms with E-state index in [2.05, 4.69) is 22.2 Å². The highest BCUT2D eigenvalue weighted by atomic mass is 16.5. The van der Waals surface area contributed by atoms with Crippen molar-refractivity contribution in [3.05, 3.63) is 65.0 Å². The lowest BCUT2D eigenvalue weighted by Gasteiger charge is -2.20. The predicted molar refractivity (Wildman–Crippen MR) is 141 cm³/mol. The van der Waals surface area contributed by atoms with E-state index in [-0.39, 0.29) is 5.91 Å². The van der Waals surface area contributed by atoms with Gasteiger partial charge >= 0.3 is 0 Å². The number of ether oxygens (including phenoxy) is 3. The molecule has 8 nitrogen and oxygen atoms in total. The molecule has 0 bridgehead atoms. The minimum Gasteiger partial charge on any atom is -0.493 e. The molecule has 0 unspecified atom stereocenters. The molecule has 2 aromatic carbocycles. The van der Waals surface area contributed by atoms with Gasteiger partial charge < -0.3 is 23.6 Å². The van der Waals surface area contributed by atoms with Crippen molar-refractivity contribution in [3.8, 4) is 17.2 Å². The number of carbonyl (C=O) groups excluding carboxylic acids is 1. The number of nitrogens with zero attached hydrogens (tertiary/aromatic N) is 3. The Morgan fingerprint density at radius 2 is 1.86 bits per heavy atom. The SMILES string of the molecule is COc1cc(N2CC[C@H](Oc3ccc(C4CC4)cc3)C2=O)ccc1OCCN(C)Cc1c(C)noc1C. The number of amides is 1. The van der Waals surface area contributed by atoms with E-state index < -0.39 is 6.10 Å². The van der Waals surface area contributed by atoms with Crippen LogP contribution in [0.2, 0.25) is 0 Å². The first-order valence-electron chi connectivity index (χ1n) is 12.9. The van der Waals surface area contributed by atoms with E-state index in [1.54, 1.807) is 12.0 Å². The number of likely N-dealkylation sites (N-methyl/N-ethyl adjacent to an activating group) is 1. The Labute approximate surface area is 218 Å². The zero-order valence-electron chi connectivity index (χ0n) is 22.0. The molecule has 8 heteroatoms. The number of aryl methyl sites for hydroxylation is 2. The number of rotatable bonds is 11. The Bertz CT molecular complexity index is 1220. The van der Waals surface area contributed by atoms with Crippen molar-refractivity contribution in [2.45, 2.75) is 51.7 Å². The standard InChI is InChI=1S/C29H35N3O5/c1-19-25(20(2)37-30-19)18-31(3)15-16-35-26-12-9-23(17-28(26)34-4)32-14-13-27(29(32)33)36-24-10-7-22(8-11-24)21-5-6-21/h7-12,17,21,27H,5-6,13-16,18H2,1-4H3/t27-/m0/s1. The summed E-state index contributed by atoms with van der Waals surface area (Å²) in [7, 11) is 3.65. The van der Waals surface area contributed by atoms with Gasteiger partial charge in [-0.25, -0.2) is 0 Å². The Kier molecular flexibility index (Phi) is 7.37. The van der Waals surface area contributed by atoms with Gasteiger partial charge in [-0.3, -0.25) is 9.69 Å². The maximum absolute atomic E-state index is 13.1. The van der Waals surface area contributed by atoms with Crippen molar-refractivity contribution < 1.29 is 23.5 Å². The molecule has 2 heterocycles. The minimum absolute atomic E-state index is 0.0389. The number of hydrogen-bond acceptors (Lipinski definition) is 7. The highest BCUT2D eigenvalue weighted by Gasteiger charge is 2.35. The van der Waals surface area contributed by atoms with Gasteiger partial charge in [0.2, 0.25) is 0 Å². The lowest BCUT2D eigenvalue weighted by molar-refractivity contribution is -0.122. The van der Waals surface area contributed by atoms with Gasteiger partial charge in [0, 0.05) is 43.4 Å². The molecule has 0 N–H and O–H groups in total. The van der Waals surface area contributed by atoms with E-state index in [4.69, 9.17) is 18.7 Å². The molecule has 2 aliphatic rings. The van der Waals surface area contributed by atoms with Crippen LogP contribution in [0.25, 0.3) is 0 Å². The average molecular weight is 506 g/mol. The molecule has 1 saturated carbocycles. The largest absolute Gasteiger partial charge is 0.493 e. The van der Waals surface area contributed by atoms with E-state index in [0.29, 0.717) is 37.0 Å². The molecular formula is C29H35N3O5. The smallest absolute Gasteiger partial charge is 0.268 e. The maximum atomic E-state index is 13.1. The molecule has 5 rings (SSSR count). The van der Waals surface area contributed by atoms with Crippen molar-refractivity contribution in [1.29, 1.82) is 0 Å². The second-order valence-corrected chi connectivity index (χ2v) is 9.95. The van der Waals surface area contributed by atoms with Gasteiger partial charge in [-0.15, -0.1) is 0 Å². The fraction of sp³-hybridized carbons (Fsp3) is 0.448. The summed E-state index contributed by atoms with van der Waals surface area (Å²) >= 11 is 0. The Morgan fingerprint density at radius 1 is 1.08 bits per heavy atom. The van der Waals surface area contributed by atoms with Crippen molar-refractivity contribution in [2.75, 3.05) is 38.8 Å². The molecule has 0 spiro atoms. The van der Waals surface area contributed by atoms with Gasteiger partial charge in [-0.1, -0.05) is 17.3 Å². The molecule has 0 radical (unpaired) electrons. The molecule has 1 amide bonds. The van der Waals surface area contributed by atoms with Crippen LogP contribution in [-0.4, -0.2) is 55.9 Å². The summed E-state index contributed by atoms with van der Waals surface area (Å²) in [4.78, 5) is 17.0. The molecule has 1 aliphatic carbocycles. The lowest BCUT2D eigenvalue weighted by Crippen LogP contribution is -2.32. The Hall–Kier alpha value is -3.52. The second-order valence-electron chi connectivity index (χ2n) is 9.95. The van der Waals surface area contributed by atoms with Gasteiger partial charge in [-0.05, 0) is 69.5 Å². The summed E-state index contributed by atoms with van der Waals surface area (Å²) in [5, 5.41) is 4.02. The molecule has 1 aromatic heterocycles. The summed E-state index contributed by atoms with van der Waals surface area (Å²) < 4.78 is 22.9. The molecule has 37 heavy (non-hydrogen) atoms. The van der Waals surface area contributed by atoms with Crippen LogP contribution in [0.3, 0.4) is 0 Å². The minimum atomic E-state index is -0.484. The average Bonchev–Trinajstić information content (AvgIpc) is 3.63. The molecular weight excluding hydrogens is 470 g/mol. The van der Waals surface area contributed by atoms with Gasteiger partial charge in [0.1, 0.15) is 18.1 Å².